The fraction of sp³-hybridized carbons (Fsp3) is 0.143. The van der Waals surface area contributed by atoms with Gasteiger partial charge in [-0.1, -0.05) is 46.3 Å². The molecule has 17 heavy (non-hydrogen) atoms. The third kappa shape index (κ3) is 3.70. The first kappa shape index (κ1) is 13.4. The van der Waals surface area contributed by atoms with Crippen LogP contribution in [0.25, 0.3) is 0 Å². The molecule has 0 N–H and O–H groups in total. The maximum absolute atomic E-state index is 6.49. The molecule has 1 atom stereocenters. The van der Waals surface area contributed by atoms with Crippen LogP contribution in [0, 0.1) is 3.57 Å². The Kier molecular flexibility index (Phi) is 4.88. The Hall–Kier alpha value is -0.0600. The summed E-state index contributed by atoms with van der Waals surface area (Å²) in [6, 6.07) is 16.6. The van der Waals surface area contributed by atoms with Crippen molar-refractivity contribution in [2.45, 2.75) is 11.8 Å². The van der Waals surface area contributed by atoms with Crippen LogP contribution in [0.5, 0.6) is 0 Å². The maximum atomic E-state index is 6.49. The number of hydrogen-bond donors (Lipinski definition) is 0. The average molecular weight is 422 g/mol. The second kappa shape index (κ2) is 6.21. The average Bonchev–Trinajstić information content (AvgIpc) is 2.33. The largest absolute Gasteiger partial charge is 0.117 e. The molecule has 88 valence electrons. The zero-order valence-corrected chi connectivity index (χ0v) is 13.5. The molecule has 0 amide bonds. The van der Waals surface area contributed by atoms with Crippen LogP contribution < -0.4 is 0 Å². The Bertz CT molecular complexity index is 499. The highest BCUT2D eigenvalue weighted by Gasteiger charge is 2.12. The van der Waals surface area contributed by atoms with Crippen molar-refractivity contribution in [1.82, 2.24) is 0 Å². The van der Waals surface area contributed by atoms with Gasteiger partial charge in [0, 0.05) is 8.04 Å². The zero-order chi connectivity index (χ0) is 12.3. The minimum atomic E-state index is 0.0156. The van der Waals surface area contributed by atoms with Gasteiger partial charge in [-0.2, -0.15) is 0 Å². The van der Waals surface area contributed by atoms with Gasteiger partial charge in [0.25, 0.3) is 0 Å². The van der Waals surface area contributed by atoms with Gasteiger partial charge in [0.1, 0.15) is 0 Å². The van der Waals surface area contributed by atoms with Crippen molar-refractivity contribution in [1.29, 1.82) is 0 Å². The minimum absolute atomic E-state index is 0.0156. The van der Waals surface area contributed by atoms with Gasteiger partial charge in [-0.3, -0.25) is 0 Å². The van der Waals surface area contributed by atoms with E-state index in [2.05, 4.69) is 62.8 Å². The topological polar surface area (TPSA) is 0 Å². The van der Waals surface area contributed by atoms with Crippen molar-refractivity contribution in [3.63, 3.8) is 0 Å². The number of benzene rings is 2. The predicted octanol–water partition coefficient (Wildman–Crippen LogP) is 5.58. The molecule has 2 rings (SSSR count). The molecule has 0 aliphatic carbocycles. The lowest BCUT2D eigenvalue weighted by Crippen LogP contribution is -1.98. The Morgan fingerprint density at radius 2 is 1.82 bits per heavy atom. The molecule has 3 heteroatoms. The molecule has 0 bridgehead atoms. The van der Waals surface area contributed by atoms with Gasteiger partial charge in [-0.25, -0.2) is 0 Å². The number of hydrogen-bond acceptors (Lipinski definition) is 0. The molecule has 0 heterocycles. The van der Waals surface area contributed by atoms with Gasteiger partial charge >= 0.3 is 0 Å². The van der Waals surface area contributed by atoms with E-state index in [0.29, 0.717) is 0 Å². The summed E-state index contributed by atoms with van der Waals surface area (Å²) in [6.07, 6.45) is 0.856. The highest BCUT2D eigenvalue weighted by atomic mass is 127. The summed E-state index contributed by atoms with van der Waals surface area (Å²) in [5.74, 6) is 0. The Labute approximate surface area is 129 Å². The molecule has 0 saturated carbocycles. The van der Waals surface area contributed by atoms with E-state index in [4.69, 9.17) is 11.6 Å². The Balaban J connectivity index is 2.20. The third-order valence-corrected chi connectivity index (χ3v) is 4.42. The molecule has 0 nitrogen and oxygen atoms in total. The number of alkyl halides is 1. The highest BCUT2D eigenvalue weighted by Crippen LogP contribution is 2.30. The van der Waals surface area contributed by atoms with E-state index in [1.54, 1.807) is 0 Å². The first-order valence-electron chi connectivity index (χ1n) is 5.30. The van der Waals surface area contributed by atoms with Crippen molar-refractivity contribution < 1.29 is 0 Å². The first-order valence-corrected chi connectivity index (χ1v) is 7.60. The van der Waals surface area contributed by atoms with Crippen LogP contribution >= 0.6 is 50.1 Å². The van der Waals surface area contributed by atoms with Crippen LogP contribution in [0.3, 0.4) is 0 Å². The van der Waals surface area contributed by atoms with Crippen LogP contribution in [-0.2, 0) is 6.42 Å². The molecule has 1 unspecified atom stereocenters. The smallest absolute Gasteiger partial charge is 0.0636 e. The Morgan fingerprint density at radius 1 is 1.12 bits per heavy atom. The van der Waals surface area contributed by atoms with Gasteiger partial charge in [0.2, 0.25) is 0 Å². The quantitative estimate of drug-likeness (QED) is 0.449. The lowest BCUT2D eigenvalue weighted by molar-refractivity contribution is 0.913. The molecule has 0 aliphatic heterocycles. The van der Waals surface area contributed by atoms with Crippen molar-refractivity contribution >= 4 is 50.1 Å². The Morgan fingerprint density at radius 3 is 2.53 bits per heavy atom. The van der Waals surface area contributed by atoms with Crippen LogP contribution in [0.1, 0.15) is 16.5 Å². The van der Waals surface area contributed by atoms with E-state index in [9.17, 15) is 0 Å². The third-order valence-electron chi connectivity index (χ3n) is 2.55. The van der Waals surface area contributed by atoms with Crippen molar-refractivity contribution in [3.8, 4) is 0 Å². The second-order valence-electron chi connectivity index (χ2n) is 3.82. The summed E-state index contributed by atoms with van der Waals surface area (Å²) in [7, 11) is 0. The maximum Gasteiger partial charge on any atom is 0.0636 e. The van der Waals surface area contributed by atoms with E-state index >= 15 is 0 Å². The lowest BCUT2D eigenvalue weighted by Gasteiger charge is -2.12. The zero-order valence-electron chi connectivity index (χ0n) is 9.04. The summed E-state index contributed by atoms with van der Waals surface area (Å²) < 4.78 is 2.29. The summed E-state index contributed by atoms with van der Waals surface area (Å²) in [5.41, 5.74) is 2.45. The summed E-state index contributed by atoms with van der Waals surface area (Å²) in [5, 5.41) is 0.0156. The number of halogens is 3. The van der Waals surface area contributed by atoms with E-state index < -0.39 is 0 Å². The van der Waals surface area contributed by atoms with Crippen molar-refractivity contribution in [3.05, 3.63) is 67.7 Å². The summed E-state index contributed by atoms with van der Waals surface area (Å²) >= 11 is 12.3. The van der Waals surface area contributed by atoms with Crippen LogP contribution in [0.4, 0.5) is 0 Å². The molecule has 0 spiro atoms. The molecule has 0 fully saturated rings. The van der Waals surface area contributed by atoms with E-state index in [0.717, 1.165) is 10.9 Å². The molecule has 2 aromatic rings. The standard InChI is InChI=1S/C14H11BrClI/c15-11-6-7-14(17)12(9-11)13(16)8-10-4-2-1-3-5-10/h1-7,9,13H,8H2. The summed E-state index contributed by atoms with van der Waals surface area (Å²) in [4.78, 5) is 0. The first-order chi connectivity index (χ1) is 8.16. The van der Waals surface area contributed by atoms with E-state index in [1.165, 1.54) is 14.7 Å². The van der Waals surface area contributed by atoms with Gasteiger partial charge in [-0.15, -0.1) is 11.6 Å². The van der Waals surface area contributed by atoms with Gasteiger partial charge in [-0.05, 0) is 58.3 Å². The van der Waals surface area contributed by atoms with Crippen LogP contribution in [0.2, 0.25) is 0 Å². The van der Waals surface area contributed by atoms with Crippen LogP contribution in [0.15, 0.2) is 53.0 Å². The lowest BCUT2D eigenvalue weighted by atomic mass is 10.0. The van der Waals surface area contributed by atoms with E-state index in [1.807, 2.05) is 24.3 Å². The normalized spacial score (nSPS) is 12.4. The molecular formula is C14H11BrClI. The van der Waals surface area contributed by atoms with Gasteiger partial charge < -0.3 is 0 Å². The fourth-order valence-corrected chi connectivity index (χ4v) is 3.32. The molecule has 0 saturated heterocycles. The molecule has 0 aliphatic rings. The monoisotopic (exact) mass is 420 g/mol. The fourth-order valence-electron chi connectivity index (χ4n) is 1.69. The minimum Gasteiger partial charge on any atom is -0.117 e. The summed E-state index contributed by atoms with van der Waals surface area (Å²) in [6.45, 7) is 0. The van der Waals surface area contributed by atoms with Crippen molar-refractivity contribution in [2.24, 2.45) is 0 Å². The molecule has 2 aromatic carbocycles. The molecule has 0 aromatic heterocycles. The SMILES string of the molecule is ClC(Cc1ccccc1)c1cc(Br)ccc1I. The molecule has 0 radical (unpaired) electrons. The highest BCUT2D eigenvalue weighted by molar-refractivity contribution is 14.1. The van der Waals surface area contributed by atoms with Gasteiger partial charge in [0.05, 0.1) is 5.38 Å². The second-order valence-corrected chi connectivity index (χ2v) is 6.43. The predicted molar refractivity (Wildman–Crippen MR) is 85.6 cm³/mol. The van der Waals surface area contributed by atoms with Gasteiger partial charge in [0.15, 0.2) is 0 Å². The van der Waals surface area contributed by atoms with E-state index in [-0.39, 0.29) is 5.38 Å². The number of rotatable bonds is 3. The van der Waals surface area contributed by atoms with Crippen LogP contribution in [-0.4, -0.2) is 0 Å². The van der Waals surface area contributed by atoms with Crippen molar-refractivity contribution in [2.75, 3.05) is 0 Å². The molecular weight excluding hydrogens is 410 g/mol.